The van der Waals surface area contributed by atoms with Crippen LogP contribution in [-0.4, -0.2) is 16.3 Å². The summed E-state index contributed by atoms with van der Waals surface area (Å²) in [6, 6.07) is 16.4. The average Bonchev–Trinajstić information content (AvgIpc) is 2.94. The van der Waals surface area contributed by atoms with Crippen LogP contribution in [-0.2, 0) is 6.42 Å². The van der Waals surface area contributed by atoms with Crippen LogP contribution in [0, 0.1) is 13.8 Å². The van der Waals surface area contributed by atoms with Gasteiger partial charge in [0.2, 0.25) is 0 Å². The Morgan fingerprint density at radius 2 is 1.78 bits per heavy atom. The number of aryl methyl sites for hydroxylation is 2. The van der Waals surface area contributed by atoms with Crippen LogP contribution in [0.4, 0.5) is 0 Å². The van der Waals surface area contributed by atoms with Gasteiger partial charge in [0.1, 0.15) is 0 Å². The van der Waals surface area contributed by atoms with Crippen LogP contribution in [0.25, 0.3) is 16.9 Å². The van der Waals surface area contributed by atoms with E-state index in [2.05, 4.69) is 38.1 Å². The molecule has 3 rings (SSSR count). The third kappa shape index (κ3) is 3.31. The lowest BCUT2D eigenvalue weighted by molar-refractivity contribution is 0.821. The largest absolute Gasteiger partial charge is 0.330 e. The molecule has 0 bridgehead atoms. The van der Waals surface area contributed by atoms with Gasteiger partial charge in [-0.25, -0.2) is 4.68 Å². The predicted molar refractivity (Wildman–Crippen MR) is 96.2 cm³/mol. The van der Waals surface area contributed by atoms with E-state index in [1.807, 2.05) is 28.9 Å². The van der Waals surface area contributed by atoms with Crippen LogP contribution in [0.5, 0.6) is 0 Å². The summed E-state index contributed by atoms with van der Waals surface area (Å²) in [5.41, 5.74) is 12.3. The molecule has 0 unspecified atom stereocenters. The summed E-state index contributed by atoms with van der Waals surface area (Å²) in [7, 11) is 0. The SMILES string of the molecule is Cc1ccc(C)c(-n2nc(CCN)cc2-c2ccc(Cl)cc2)c1. The van der Waals surface area contributed by atoms with Crippen LogP contribution in [0.2, 0.25) is 5.02 Å². The number of aromatic nitrogens is 2. The van der Waals surface area contributed by atoms with E-state index in [0.717, 1.165) is 34.1 Å². The summed E-state index contributed by atoms with van der Waals surface area (Å²) in [6.45, 7) is 4.78. The molecule has 0 aliphatic heterocycles. The first-order chi connectivity index (χ1) is 11.1. The standard InChI is InChI=1S/C19H20ClN3/c1-13-3-4-14(2)18(11-13)23-19(12-17(22-23)9-10-21)15-5-7-16(20)8-6-15/h3-8,11-12H,9-10,21H2,1-2H3. The van der Waals surface area contributed by atoms with Crippen LogP contribution in [0.3, 0.4) is 0 Å². The van der Waals surface area contributed by atoms with Crippen LogP contribution in [0.15, 0.2) is 48.5 Å². The molecule has 0 aliphatic carbocycles. The maximum absolute atomic E-state index is 6.02. The fourth-order valence-electron chi connectivity index (χ4n) is 2.66. The van der Waals surface area contributed by atoms with Gasteiger partial charge in [0.25, 0.3) is 0 Å². The van der Waals surface area contributed by atoms with E-state index < -0.39 is 0 Å². The van der Waals surface area contributed by atoms with Gasteiger partial charge in [0, 0.05) is 17.0 Å². The lowest BCUT2D eigenvalue weighted by Crippen LogP contribution is -2.05. The summed E-state index contributed by atoms with van der Waals surface area (Å²) in [5.74, 6) is 0. The van der Waals surface area contributed by atoms with E-state index in [4.69, 9.17) is 22.4 Å². The molecular formula is C19H20ClN3. The van der Waals surface area contributed by atoms with E-state index in [0.29, 0.717) is 6.54 Å². The predicted octanol–water partition coefficient (Wildman–Crippen LogP) is 4.31. The van der Waals surface area contributed by atoms with Crippen molar-refractivity contribution in [1.82, 2.24) is 9.78 Å². The topological polar surface area (TPSA) is 43.8 Å². The maximum atomic E-state index is 6.02. The fourth-order valence-corrected chi connectivity index (χ4v) is 2.78. The molecule has 0 saturated carbocycles. The maximum Gasteiger partial charge on any atom is 0.0743 e. The zero-order valence-corrected chi connectivity index (χ0v) is 14.1. The van der Waals surface area contributed by atoms with Gasteiger partial charge < -0.3 is 5.73 Å². The Balaban J connectivity index is 2.18. The van der Waals surface area contributed by atoms with Crippen molar-refractivity contribution in [2.24, 2.45) is 5.73 Å². The Hall–Kier alpha value is -2.10. The van der Waals surface area contributed by atoms with Gasteiger partial charge in [-0.15, -0.1) is 0 Å². The van der Waals surface area contributed by atoms with Crippen molar-refractivity contribution in [2.75, 3.05) is 6.54 Å². The number of halogens is 1. The van der Waals surface area contributed by atoms with Crippen molar-refractivity contribution >= 4 is 11.6 Å². The summed E-state index contributed by atoms with van der Waals surface area (Å²) >= 11 is 6.02. The van der Waals surface area contributed by atoms with Gasteiger partial charge in [-0.2, -0.15) is 5.10 Å². The molecule has 0 saturated heterocycles. The van der Waals surface area contributed by atoms with Crippen molar-refractivity contribution in [2.45, 2.75) is 20.3 Å². The van der Waals surface area contributed by atoms with Crippen LogP contribution in [0.1, 0.15) is 16.8 Å². The molecule has 23 heavy (non-hydrogen) atoms. The number of benzene rings is 2. The Labute approximate surface area is 141 Å². The summed E-state index contributed by atoms with van der Waals surface area (Å²) < 4.78 is 2.01. The number of hydrogen-bond donors (Lipinski definition) is 1. The molecule has 0 radical (unpaired) electrons. The number of nitrogens with zero attached hydrogens (tertiary/aromatic N) is 2. The van der Waals surface area contributed by atoms with Gasteiger partial charge in [-0.05, 0) is 55.8 Å². The third-order valence-corrected chi connectivity index (χ3v) is 4.15. The zero-order valence-electron chi connectivity index (χ0n) is 13.4. The highest BCUT2D eigenvalue weighted by molar-refractivity contribution is 6.30. The molecule has 0 spiro atoms. The van der Waals surface area contributed by atoms with E-state index in [1.165, 1.54) is 11.1 Å². The van der Waals surface area contributed by atoms with Gasteiger partial charge >= 0.3 is 0 Å². The van der Waals surface area contributed by atoms with Crippen molar-refractivity contribution in [3.05, 3.63) is 70.4 Å². The van der Waals surface area contributed by atoms with Gasteiger partial charge in [-0.1, -0.05) is 35.9 Å². The second kappa shape index (κ2) is 6.57. The molecule has 0 aliphatic rings. The normalized spacial score (nSPS) is 11.0. The zero-order chi connectivity index (χ0) is 16.4. The Morgan fingerprint density at radius 1 is 1.04 bits per heavy atom. The molecule has 3 nitrogen and oxygen atoms in total. The van der Waals surface area contributed by atoms with E-state index in [9.17, 15) is 0 Å². The summed E-state index contributed by atoms with van der Waals surface area (Å²) in [4.78, 5) is 0. The minimum Gasteiger partial charge on any atom is -0.330 e. The Kier molecular flexibility index (Phi) is 4.51. The molecule has 0 atom stereocenters. The fraction of sp³-hybridized carbons (Fsp3) is 0.211. The lowest BCUT2D eigenvalue weighted by atomic mass is 10.1. The van der Waals surface area contributed by atoms with Gasteiger partial charge in [0.15, 0.2) is 0 Å². The van der Waals surface area contributed by atoms with E-state index in [1.54, 1.807) is 0 Å². The second-order valence-electron chi connectivity index (χ2n) is 5.77. The minimum absolute atomic E-state index is 0.587. The quantitative estimate of drug-likeness (QED) is 0.776. The molecule has 2 N–H and O–H groups in total. The molecule has 4 heteroatoms. The minimum atomic E-state index is 0.587. The highest BCUT2D eigenvalue weighted by Gasteiger charge is 2.13. The number of nitrogens with two attached hydrogens (primary N) is 1. The lowest BCUT2D eigenvalue weighted by Gasteiger charge is -2.11. The van der Waals surface area contributed by atoms with Crippen LogP contribution >= 0.6 is 11.6 Å². The van der Waals surface area contributed by atoms with E-state index in [-0.39, 0.29) is 0 Å². The molecular weight excluding hydrogens is 306 g/mol. The Bertz CT molecular complexity index is 819. The first-order valence-electron chi connectivity index (χ1n) is 7.71. The summed E-state index contributed by atoms with van der Waals surface area (Å²) in [5, 5.41) is 5.50. The molecule has 118 valence electrons. The average molecular weight is 326 g/mol. The molecule has 0 fully saturated rings. The smallest absolute Gasteiger partial charge is 0.0743 e. The third-order valence-electron chi connectivity index (χ3n) is 3.89. The highest BCUT2D eigenvalue weighted by atomic mass is 35.5. The molecule has 1 aromatic heterocycles. The molecule has 2 aromatic carbocycles. The van der Waals surface area contributed by atoms with E-state index >= 15 is 0 Å². The van der Waals surface area contributed by atoms with Crippen molar-refractivity contribution in [3.63, 3.8) is 0 Å². The van der Waals surface area contributed by atoms with Crippen LogP contribution < -0.4 is 5.73 Å². The Morgan fingerprint density at radius 3 is 2.48 bits per heavy atom. The summed E-state index contributed by atoms with van der Waals surface area (Å²) in [6.07, 6.45) is 0.762. The second-order valence-corrected chi connectivity index (χ2v) is 6.20. The van der Waals surface area contributed by atoms with Gasteiger partial charge in [-0.3, -0.25) is 0 Å². The first kappa shape index (κ1) is 15.8. The van der Waals surface area contributed by atoms with Crippen molar-refractivity contribution in [1.29, 1.82) is 0 Å². The highest BCUT2D eigenvalue weighted by Crippen LogP contribution is 2.27. The van der Waals surface area contributed by atoms with Crippen molar-refractivity contribution < 1.29 is 0 Å². The molecule has 1 heterocycles. The first-order valence-corrected chi connectivity index (χ1v) is 8.09. The monoisotopic (exact) mass is 325 g/mol. The van der Waals surface area contributed by atoms with Crippen molar-refractivity contribution in [3.8, 4) is 16.9 Å². The van der Waals surface area contributed by atoms with Gasteiger partial charge in [0.05, 0.1) is 17.1 Å². The molecule has 3 aromatic rings. The number of hydrogen-bond acceptors (Lipinski definition) is 2. The number of rotatable bonds is 4. The molecule has 0 amide bonds.